The molecule has 0 aliphatic carbocycles. The first-order chi connectivity index (χ1) is 10.2. The first kappa shape index (κ1) is 13.0. The Balaban J connectivity index is 1.65. The van der Waals surface area contributed by atoms with E-state index in [-0.39, 0.29) is 17.5 Å². The number of fused-ring (bicyclic) bond motifs is 1. The van der Waals surface area contributed by atoms with Gasteiger partial charge in [-0.1, -0.05) is 17.2 Å². The predicted molar refractivity (Wildman–Crippen MR) is 69.9 cm³/mol. The highest BCUT2D eigenvalue weighted by atomic mass is 16.7. The van der Waals surface area contributed by atoms with Gasteiger partial charge in [-0.2, -0.15) is 5.10 Å². The molecule has 7 heteroatoms. The van der Waals surface area contributed by atoms with Crippen molar-refractivity contribution in [1.29, 1.82) is 0 Å². The topological polar surface area (TPSA) is 81.5 Å². The Kier molecular flexibility index (Phi) is 3.23. The van der Waals surface area contributed by atoms with Gasteiger partial charge in [-0.15, -0.1) is 0 Å². The summed E-state index contributed by atoms with van der Waals surface area (Å²) in [7, 11) is 0. The zero-order valence-electron chi connectivity index (χ0n) is 10.9. The highest BCUT2D eigenvalue weighted by Crippen LogP contribution is 2.22. The molecule has 0 bridgehead atoms. The minimum atomic E-state index is -0.667. The van der Waals surface area contributed by atoms with E-state index in [2.05, 4.69) is 5.10 Å². The van der Waals surface area contributed by atoms with Crippen LogP contribution in [0.1, 0.15) is 27.1 Å². The molecule has 3 rings (SSSR count). The van der Waals surface area contributed by atoms with Crippen LogP contribution in [0.4, 0.5) is 0 Å². The van der Waals surface area contributed by atoms with Crippen molar-refractivity contribution in [3.63, 3.8) is 0 Å². The molecule has 0 fully saturated rings. The number of imide groups is 1. The van der Waals surface area contributed by atoms with Crippen molar-refractivity contribution < 1.29 is 19.2 Å². The summed E-state index contributed by atoms with van der Waals surface area (Å²) in [5, 5.41) is 4.45. The van der Waals surface area contributed by atoms with Crippen molar-refractivity contribution in [3.05, 3.63) is 53.9 Å². The fourth-order valence-corrected chi connectivity index (χ4v) is 2.04. The number of amides is 2. The molecule has 21 heavy (non-hydrogen) atoms. The second-order valence-corrected chi connectivity index (χ2v) is 4.43. The summed E-state index contributed by atoms with van der Waals surface area (Å²) in [6.45, 7) is 0.314. The second kappa shape index (κ2) is 5.20. The highest BCUT2D eigenvalue weighted by Gasteiger charge is 2.38. The monoisotopic (exact) mass is 285 g/mol. The molecule has 0 unspecified atom stereocenters. The molecule has 1 aliphatic heterocycles. The minimum absolute atomic E-state index is 0.00901. The molecular formula is C14H11N3O4. The van der Waals surface area contributed by atoms with Gasteiger partial charge < -0.3 is 4.84 Å². The molecule has 0 spiro atoms. The van der Waals surface area contributed by atoms with Gasteiger partial charge in [-0.3, -0.25) is 14.3 Å². The lowest BCUT2D eigenvalue weighted by Crippen LogP contribution is -2.32. The lowest BCUT2D eigenvalue weighted by atomic mass is 10.1. The van der Waals surface area contributed by atoms with Crippen LogP contribution in [-0.4, -0.2) is 32.6 Å². The number of nitrogens with zero attached hydrogens (tertiary/aromatic N) is 3. The fraction of sp³-hybridized carbons (Fsp3) is 0.143. The van der Waals surface area contributed by atoms with E-state index in [4.69, 9.17) is 4.84 Å². The van der Waals surface area contributed by atoms with Gasteiger partial charge in [-0.05, 0) is 18.2 Å². The smallest absolute Gasteiger partial charge is 0.330 e. The van der Waals surface area contributed by atoms with Crippen LogP contribution in [0, 0.1) is 0 Å². The van der Waals surface area contributed by atoms with Crippen molar-refractivity contribution in [3.8, 4) is 0 Å². The van der Waals surface area contributed by atoms with Gasteiger partial charge in [0.1, 0.15) is 0 Å². The third-order valence-corrected chi connectivity index (χ3v) is 3.05. The Morgan fingerprint density at radius 2 is 1.76 bits per heavy atom. The SMILES string of the molecule is O=C(CCn1cccn1)ON1C(=O)c2ccccc2C1=O. The summed E-state index contributed by atoms with van der Waals surface area (Å²) in [6.07, 6.45) is 3.31. The van der Waals surface area contributed by atoms with Gasteiger partial charge in [-0.25, -0.2) is 4.79 Å². The van der Waals surface area contributed by atoms with Gasteiger partial charge in [0.2, 0.25) is 0 Å². The molecule has 1 aromatic carbocycles. The third kappa shape index (κ3) is 2.40. The quantitative estimate of drug-likeness (QED) is 0.784. The summed E-state index contributed by atoms with van der Waals surface area (Å²) < 4.78 is 1.56. The zero-order valence-corrected chi connectivity index (χ0v) is 10.9. The van der Waals surface area contributed by atoms with E-state index in [0.717, 1.165) is 0 Å². The number of hydroxylamine groups is 2. The van der Waals surface area contributed by atoms with E-state index in [1.807, 2.05) is 0 Å². The highest BCUT2D eigenvalue weighted by molar-refractivity contribution is 6.20. The molecule has 1 aliphatic rings. The number of hydrogen-bond donors (Lipinski definition) is 0. The van der Waals surface area contributed by atoms with Crippen LogP contribution < -0.4 is 0 Å². The van der Waals surface area contributed by atoms with E-state index >= 15 is 0 Å². The molecule has 7 nitrogen and oxygen atoms in total. The Bertz CT molecular complexity index is 674. The first-order valence-corrected chi connectivity index (χ1v) is 6.33. The van der Waals surface area contributed by atoms with Crippen LogP contribution in [0.25, 0.3) is 0 Å². The van der Waals surface area contributed by atoms with Crippen molar-refractivity contribution in [2.45, 2.75) is 13.0 Å². The van der Waals surface area contributed by atoms with Crippen molar-refractivity contribution >= 4 is 17.8 Å². The molecule has 0 radical (unpaired) electrons. The normalized spacial score (nSPS) is 13.4. The Hall–Kier alpha value is -2.96. The van der Waals surface area contributed by atoms with E-state index in [9.17, 15) is 14.4 Å². The number of aromatic nitrogens is 2. The Morgan fingerprint density at radius 1 is 1.10 bits per heavy atom. The number of aryl methyl sites for hydroxylation is 1. The Labute approximate surface area is 119 Å². The van der Waals surface area contributed by atoms with E-state index in [1.54, 1.807) is 35.3 Å². The maximum absolute atomic E-state index is 12.0. The fourth-order valence-electron chi connectivity index (χ4n) is 2.04. The van der Waals surface area contributed by atoms with Crippen molar-refractivity contribution in [2.24, 2.45) is 0 Å². The van der Waals surface area contributed by atoms with Crippen LogP contribution in [0.2, 0.25) is 0 Å². The van der Waals surface area contributed by atoms with E-state index in [1.165, 1.54) is 12.1 Å². The number of carbonyl (C=O) groups is 3. The standard InChI is InChI=1S/C14H11N3O4/c18-12(6-9-16-8-3-7-15-16)21-17-13(19)10-4-1-2-5-11(10)14(17)20/h1-5,7-8H,6,9H2. The van der Waals surface area contributed by atoms with Crippen LogP contribution in [-0.2, 0) is 16.2 Å². The molecule has 1 aromatic heterocycles. The van der Waals surface area contributed by atoms with E-state index in [0.29, 0.717) is 11.6 Å². The lowest BCUT2D eigenvalue weighted by molar-refractivity contribution is -0.168. The number of carbonyl (C=O) groups excluding carboxylic acids is 3. The van der Waals surface area contributed by atoms with Gasteiger partial charge in [0.15, 0.2) is 0 Å². The summed E-state index contributed by atoms with van der Waals surface area (Å²) in [5.74, 6) is -1.91. The molecule has 2 amide bonds. The average molecular weight is 285 g/mol. The van der Waals surface area contributed by atoms with Gasteiger partial charge in [0, 0.05) is 12.4 Å². The molecule has 0 saturated heterocycles. The minimum Gasteiger partial charge on any atom is -0.330 e. The van der Waals surface area contributed by atoms with Crippen molar-refractivity contribution in [2.75, 3.05) is 0 Å². The maximum Gasteiger partial charge on any atom is 0.335 e. The summed E-state index contributed by atoms with van der Waals surface area (Å²) >= 11 is 0. The average Bonchev–Trinajstić information content (AvgIpc) is 3.09. The van der Waals surface area contributed by atoms with Crippen molar-refractivity contribution in [1.82, 2.24) is 14.8 Å². The zero-order chi connectivity index (χ0) is 14.8. The molecule has 2 heterocycles. The largest absolute Gasteiger partial charge is 0.335 e. The lowest BCUT2D eigenvalue weighted by Gasteiger charge is -2.12. The summed E-state index contributed by atoms with van der Waals surface area (Å²) in [6, 6.07) is 8.07. The first-order valence-electron chi connectivity index (χ1n) is 6.33. The summed E-state index contributed by atoms with van der Waals surface area (Å²) in [5.41, 5.74) is 0.477. The van der Waals surface area contributed by atoms with E-state index < -0.39 is 17.8 Å². The molecule has 0 atom stereocenters. The van der Waals surface area contributed by atoms with Gasteiger partial charge in [0.25, 0.3) is 11.8 Å². The maximum atomic E-state index is 12.0. The third-order valence-electron chi connectivity index (χ3n) is 3.05. The second-order valence-electron chi connectivity index (χ2n) is 4.43. The number of benzene rings is 1. The van der Waals surface area contributed by atoms with Gasteiger partial charge >= 0.3 is 5.97 Å². The predicted octanol–water partition coefficient (Wildman–Crippen LogP) is 1.03. The van der Waals surface area contributed by atoms with Crippen LogP contribution in [0.15, 0.2) is 42.7 Å². The van der Waals surface area contributed by atoms with Gasteiger partial charge in [0.05, 0.1) is 24.1 Å². The molecule has 106 valence electrons. The van der Waals surface area contributed by atoms with Crippen LogP contribution in [0.3, 0.4) is 0 Å². The molecule has 0 N–H and O–H groups in total. The molecular weight excluding hydrogens is 274 g/mol. The number of rotatable bonds is 4. The molecule has 0 saturated carbocycles. The number of hydrogen-bond acceptors (Lipinski definition) is 5. The van der Waals surface area contributed by atoms with Crippen LogP contribution in [0.5, 0.6) is 0 Å². The van der Waals surface area contributed by atoms with Crippen LogP contribution >= 0.6 is 0 Å². The summed E-state index contributed by atoms with van der Waals surface area (Å²) in [4.78, 5) is 40.6. The molecule has 2 aromatic rings. The Morgan fingerprint density at radius 3 is 2.33 bits per heavy atom.